The highest BCUT2D eigenvalue weighted by Gasteiger charge is 2.28. The van der Waals surface area contributed by atoms with Gasteiger partial charge in [0.15, 0.2) is 0 Å². The quantitative estimate of drug-likeness (QED) is 0.913. The molecule has 0 bridgehead atoms. The molecule has 20 heavy (non-hydrogen) atoms. The van der Waals surface area contributed by atoms with Crippen molar-refractivity contribution in [2.45, 2.75) is 64.0 Å². The molecule has 2 fully saturated rings. The third-order valence-corrected chi connectivity index (χ3v) is 4.50. The van der Waals surface area contributed by atoms with Crippen LogP contribution in [0.4, 0.5) is 5.82 Å². The van der Waals surface area contributed by atoms with Crippen LogP contribution in [0.5, 0.6) is 0 Å². The molecule has 0 amide bonds. The van der Waals surface area contributed by atoms with Crippen LogP contribution >= 0.6 is 0 Å². The van der Waals surface area contributed by atoms with Crippen LogP contribution in [0.15, 0.2) is 18.3 Å². The number of nitrogens with one attached hydrogen (secondary N) is 1. The van der Waals surface area contributed by atoms with Crippen molar-refractivity contribution in [2.75, 3.05) is 18.0 Å². The van der Waals surface area contributed by atoms with Gasteiger partial charge in [0, 0.05) is 31.4 Å². The van der Waals surface area contributed by atoms with E-state index in [0.717, 1.165) is 24.9 Å². The smallest absolute Gasteiger partial charge is 0.128 e. The predicted molar refractivity (Wildman–Crippen MR) is 84.3 cm³/mol. The Morgan fingerprint density at radius 2 is 2.05 bits per heavy atom. The van der Waals surface area contributed by atoms with Gasteiger partial charge in [-0.3, -0.25) is 0 Å². The molecule has 2 aliphatic rings. The average Bonchev–Trinajstić information content (AvgIpc) is 3.12. The van der Waals surface area contributed by atoms with E-state index in [9.17, 15) is 0 Å². The maximum Gasteiger partial charge on any atom is 0.128 e. The monoisotopic (exact) mass is 273 g/mol. The van der Waals surface area contributed by atoms with Crippen molar-refractivity contribution in [3.63, 3.8) is 0 Å². The van der Waals surface area contributed by atoms with E-state index in [1.807, 2.05) is 0 Å². The first-order valence-corrected chi connectivity index (χ1v) is 8.00. The Labute approximate surface area is 122 Å². The van der Waals surface area contributed by atoms with E-state index in [4.69, 9.17) is 4.98 Å². The minimum absolute atomic E-state index is 0.184. The fourth-order valence-corrected chi connectivity index (χ4v) is 2.94. The fourth-order valence-electron chi connectivity index (χ4n) is 2.94. The summed E-state index contributed by atoms with van der Waals surface area (Å²) < 4.78 is 0. The summed E-state index contributed by atoms with van der Waals surface area (Å²) in [6, 6.07) is 5.87. The summed E-state index contributed by atoms with van der Waals surface area (Å²) in [5.74, 6) is 1.15. The summed E-state index contributed by atoms with van der Waals surface area (Å²) in [7, 11) is 0. The molecular weight excluding hydrogens is 246 g/mol. The molecule has 0 aromatic carbocycles. The number of hydrogen-bond donors (Lipinski definition) is 1. The first-order chi connectivity index (χ1) is 9.54. The Balaban J connectivity index is 1.67. The summed E-state index contributed by atoms with van der Waals surface area (Å²) in [4.78, 5) is 7.21. The largest absolute Gasteiger partial charge is 0.352 e. The highest BCUT2D eigenvalue weighted by molar-refractivity contribution is 5.43. The lowest BCUT2D eigenvalue weighted by Gasteiger charge is -2.27. The van der Waals surface area contributed by atoms with Crippen LogP contribution in [-0.4, -0.2) is 30.2 Å². The van der Waals surface area contributed by atoms with Crippen molar-refractivity contribution in [3.8, 4) is 0 Å². The van der Waals surface area contributed by atoms with E-state index in [1.165, 1.54) is 31.2 Å². The molecule has 1 saturated heterocycles. The molecular formula is C17H27N3. The zero-order valence-corrected chi connectivity index (χ0v) is 13.0. The Kier molecular flexibility index (Phi) is 3.72. The van der Waals surface area contributed by atoms with Gasteiger partial charge in [-0.05, 0) is 42.7 Å². The second-order valence-electron chi connectivity index (χ2n) is 7.33. The number of hydrogen-bond acceptors (Lipinski definition) is 3. The van der Waals surface area contributed by atoms with E-state index < -0.39 is 0 Å². The lowest BCUT2D eigenvalue weighted by molar-refractivity contribution is 0.566. The van der Waals surface area contributed by atoms with Gasteiger partial charge < -0.3 is 10.2 Å². The maximum absolute atomic E-state index is 4.72. The molecule has 1 saturated carbocycles. The van der Waals surface area contributed by atoms with E-state index in [1.54, 1.807) is 0 Å². The number of anilines is 1. The highest BCUT2D eigenvalue weighted by atomic mass is 15.2. The van der Waals surface area contributed by atoms with Crippen LogP contribution in [0.3, 0.4) is 0 Å². The minimum atomic E-state index is 0.184. The van der Waals surface area contributed by atoms with Crippen molar-refractivity contribution in [1.82, 2.24) is 10.3 Å². The van der Waals surface area contributed by atoms with Gasteiger partial charge in [0.05, 0.1) is 0 Å². The van der Waals surface area contributed by atoms with Gasteiger partial charge in [-0.2, -0.15) is 0 Å². The summed E-state index contributed by atoms with van der Waals surface area (Å²) in [6.07, 6.45) is 7.37. The summed E-state index contributed by atoms with van der Waals surface area (Å²) >= 11 is 0. The van der Waals surface area contributed by atoms with Crippen LogP contribution < -0.4 is 10.2 Å². The molecule has 1 aliphatic heterocycles. The molecule has 1 aliphatic carbocycles. The first-order valence-electron chi connectivity index (χ1n) is 8.00. The lowest BCUT2D eigenvalue weighted by Crippen LogP contribution is -2.39. The van der Waals surface area contributed by atoms with Crippen molar-refractivity contribution in [1.29, 1.82) is 0 Å². The van der Waals surface area contributed by atoms with Crippen LogP contribution in [0.2, 0.25) is 0 Å². The Hall–Kier alpha value is -1.09. The van der Waals surface area contributed by atoms with Crippen molar-refractivity contribution < 1.29 is 0 Å². The summed E-state index contributed by atoms with van der Waals surface area (Å²) in [5.41, 5.74) is 1.50. The maximum atomic E-state index is 4.72. The third-order valence-electron chi connectivity index (χ3n) is 4.50. The Morgan fingerprint density at radius 1 is 1.25 bits per heavy atom. The summed E-state index contributed by atoms with van der Waals surface area (Å²) in [5, 5.41) is 3.66. The van der Waals surface area contributed by atoms with Gasteiger partial charge in [0.25, 0.3) is 0 Å². The topological polar surface area (TPSA) is 28.2 Å². The van der Waals surface area contributed by atoms with Crippen molar-refractivity contribution >= 4 is 5.82 Å². The van der Waals surface area contributed by atoms with Gasteiger partial charge in [0.2, 0.25) is 0 Å². The Bertz CT molecular complexity index is 442. The van der Waals surface area contributed by atoms with E-state index in [0.29, 0.717) is 6.04 Å². The van der Waals surface area contributed by atoms with Crippen molar-refractivity contribution in [3.05, 3.63) is 23.9 Å². The van der Waals surface area contributed by atoms with E-state index in [-0.39, 0.29) is 5.41 Å². The first kappa shape index (κ1) is 13.9. The molecule has 0 spiro atoms. The SMILES string of the molecule is CC(C)(C)c1ccc(N2CCCC2CNC2CC2)nc1. The van der Waals surface area contributed by atoms with Crippen LogP contribution in [0.25, 0.3) is 0 Å². The minimum Gasteiger partial charge on any atom is -0.352 e. The number of pyridine rings is 1. The second-order valence-corrected chi connectivity index (χ2v) is 7.33. The second kappa shape index (κ2) is 5.36. The lowest BCUT2D eigenvalue weighted by atomic mass is 9.88. The molecule has 2 heterocycles. The van der Waals surface area contributed by atoms with Gasteiger partial charge >= 0.3 is 0 Å². The molecule has 1 atom stereocenters. The number of aromatic nitrogens is 1. The zero-order valence-electron chi connectivity index (χ0n) is 13.0. The van der Waals surface area contributed by atoms with Gasteiger partial charge in [0.1, 0.15) is 5.82 Å². The number of nitrogens with zero attached hydrogens (tertiary/aromatic N) is 2. The van der Waals surface area contributed by atoms with Gasteiger partial charge in [-0.15, -0.1) is 0 Å². The predicted octanol–water partition coefficient (Wildman–Crippen LogP) is 3.10. The van der Waals surface area contributed by atoms with Crippen LogP contribution in [0.1, 0.15) is 52.0 Å². The van der Waals surface area contributed by atoms with Crippen LogP contribution in [-0.2, 0) is 5.41 Å². The molecule has 0 radical (unpaired) electrons. The Morgan fingerprint density at radius 3 is 2.65 bits per heavy atom. The highest BCUT2D eigenvalue weighted by Crippen LogP contribution is 2.27. The average molecular weight is 273 g/mol. The van der Waals surface area contributed by atoms with E-state index in [2.05, 4.69) is 49.3 Å². The molecule has 1 N–H and O–H groups in total. The fraction of sp³-hybridized carbons (Fsp3) is 0.706. The molecule has 3 heteroatoms. The molecule has 110 valence electrons. The normalized spacial score (nSPS) is 23.4. The molecule has 3 rings (SSSR count). The van der Waals surface area contributed by atoms with Gasteiger partial charge in [-0.25, -0.2) is 4.98 Å². The molecule has 3 nitrogen and oxygen atoms in total. The third kappa shape index (κ3) is 3.14. The van der Waals surface area contributed by atoms with E-state index >= 15 is 0 Å². The van der Waals surface area contributed by atoms with Crippen molar-refractivity contribution in [2.24, 2.45) is 0 Å². The summed E-state index contributed by atoms with van der Waals surface area (Å²) in [6.45, 7) is 8.98. The van der Waals surface area contributed by atoms with Gasteiger partial charge in [-0.1, -0.05) is 26.8 Å². The number of rotatable bonds is 4. The molecule has 1 aromatic rings. The standard InChI is InChI=1S/C17H27N3/c1-17(2,3)13-6-9-16(19-11-13)20-10-4-5-15(20)12-18-14-7-8-14/h6,9,11,14-15,18H,4-5,7-8,10,12H2,1-3H3. The molecule has 1 unspecified atom stereocenters. The molecule has 1 aromatic heterocycles. The van der Waals surface area contributed by atoms with Crippen LogP contribution in [0, 0.1) is 0 Å². The zero-order chi connectivity index (χ0) is 14.2.